The number of nitrogens with zero attached hydrogens (tertiary/aromatic N) is 3. The smallest absolute Gasteiger partial charge is 0.328 e. The van der Waals surface area contributed by atoms with Gasteiger partial charge in [-0.3, -0.25) is 14.6 Å². The van der Waals surface area contributed by atoms with Gasteiger partial charge in [0.15, 0.2) is 11.6 Å². The van der Waals surface area contributed by atoms with Gasteiger partial charge in [-0.15, -0.1) is 0 Å². The second kappa shape index (κ2) is 10.3. The normalized spacial score (nSPS) is 21.3. The number of nitrogens with one attached hydrogen (secondary N) is 1. The molecule has 0 radical (unpaired) electrons. The van der Waals surface area contributed by atoms with E-state index >= 15 is 0 Å². The SMILES string of the molecule is COc1cc2c3c([nH]c2cc1F)CN1C(=O)N(CCN2CCOCC2)C(=O)[C@]1(C)C3.Cc1cccc(O)c1. The first-order valence-corrected chi connectivity index (χ1v) is 12.8. The third kappa shape index (κ3) is 4.69. The number of phenols is 1. The van der Waals surface area contributed by atoms with Crippen molar-refractivity contribution >= 4 is 22.8 Å². The molecule has 2 aromatic carbocycles. The number of morpholine rings is 1. The summed E-state index contributed by atoms with van der Waals surface area (Å²) in [4.78, 5) is 34.9. The molecule has 0 unspecified atom stereocenters. The van der Waals surface area contributed by atoms with Gasteiger partial charge >= 0.3 is 6.03 Å². The van der Waals surface area contributed by atoms with E-state index in [0.29, 0.717) is 50.5 Å². The van der Waals surface area contributed by atoms with E-state index in [1.165, 1.54) is 18.1 Å². The summed E-state index contributed by atoms with van der Waals surface area (Å²) in [5, 5.41) is 9.64. The third-order valence-corrected chi connectivity index (χ3v) is 7.61. The van der Waals surface area contributed by atoms with Gasteiger partial charge in [0, 0.05) is 55.3 Å². The minimum Gasteiger partial charge on any atom is -0.508 e. The molecule has 0 aliphatic carbocycles. The van der Waals surface area contributed by atoms with Crippen LogP contribution in [0.5, 0.6) is 11.5 Å². The summed E-state index contributed by atoms with van der Waals surface area (Å²) in [7, 11) is 1.43. The van der Waals surface area contributed by atoms with Crippen LogP contribution in [0.2, 0.25) is 0 Å². The molecule has 2 N–H and O–H groups in total. The number of aromatic amines is 1. The molecule has 3 amide bonds. The number of hydrogen-bond acceptors (Lipinski definition) is 6. The maximum absolute atomic E-state index is 14.1. The maximum Gasteiger partial charge on any atom is 0.328 e. The average Bonchev–Trinajstić information content (AvgIpc) is 3.32. The number of amides is 3. The van der Waals surface area contributed by atoms with Crippen LogP contribution in [0.25, 0.3) is 10.9 Å². The summed E-state index contributed by atoms with van der Waals surface area (Å²) in [5.74, 6) is -0.116. The summed E-state index contributed by atoms with van der Waals surface area (Å²) in [6.07, 6.45) is 0.385. The number of aromatic nitrogens is 1. The Balaban J connectivity index is 0.000000316. The number of fused-ring (bicyclic) bond motifs is 4. The van der Waals surface area contributed by atoms with E-state index in [1.807, 2.05) is 26.0 Å². The highest BCUT2D eigenvalue weighted by molar-refractivity contribution is 6.07. The predicted molar refractivity (Wildman–Crippen MR) is 140 cm³/mol. The summed E-state index contributed by atoms with van der Waals surface area (Å²) < 4.78 is 24.6. The second-order valence-electron chi connectivity index (χ2n) is 10.2. The third-order valence-electron chi connectivity index (χ3n) is 7.61. The van der Waals surface area contributed by atoms with Gasteiger partial charge in [0.1, 0.15) is 11.3 Å². The summed E-state index contributed by atoms with van der Waals surface area (Å²) in [6, 6.07) is 9.95. The van der Waals surface area contributed by atoms with Crippen LogP contribution in [-0.2, 0) is 22.5 Å². The number of carbonyl (C=O) groups is 2. The summed E-state index contributed by atoms with van der Waals surface area (Å²) in [5.41, 5.74) is 2.58. The molecule has 3 aliphatic rings. The first kappa shape index (κ1) is 26.0. The quantitative estimate of drug-likeness (QED) is 0.508. The molecule has 202 valence electrons. The first-order valence-electron chi connectivity index (χ1n) is 12.8. The van der Waals surface area contributed by atoms with Gasteiger partial charge in [0.25, 0.3) is 5.91 Å². The molecule has 10 heteroatoms. The van der Waals surface area contributed by atoms with E-state index in [1.54, 1.807) is 23.1 Å². The zero-order valence-electron chi connectivity index (χ0n) is 21.9. The van der Waals surface area contributed by atoms with Crippen molar-refractivity contribution in [3.8, 4) is 11.5 Å². The van der Waals surface area contributed by atoms with Crippen LogP contribution in [-0.4, -0.2) is 88.8 Å². The average molecular weight is 525 g/mol. The fourth-order valence-corrected chi connectivity index (χ4v) is 5.46. The number of aromatic hydroxyl groups is 1. The molecule has 0 bridgehead atoms. The molecule has 38 heavy (non-hydrogen) atoms. The van der Waals surface area contributed by atoms with Crippen LogP contribution in [0.4, 0.5) is 9.18 Å². The van der Waals surface area contributed by atoms with Crippen LogP contribution in [0.3, 0.4) is 0 Å². The number of methoxy groups -OCH3 is 1. The molecule has 4 heterocycles. The highest BCUT2D eigenvalue weighted by atomic mass is 19.1. The van der Waals surface area contributed by atoms with Crippen LogP contribution in [0, 0.1) is 12.7 Å². The van der Waals surface area contributed by atoms with Gasteiger partial charge in [-0.05, 0) is 43.2 Å². The summed E-state index contributed by atoms with van der Waals surface area (Å²) in [6.45, 7) is 8.06. The Morgan fingerprint density at radius 3 is 2.58 bits per heavy atom. The number of aryl methyl sites for hydroxylation is 1. The number of urea groups is 1. The van der Waals surface area contributed by atoms with Crippen LogP contribution in [0.1, 0.15) is 23.7 Å². The lowest BCUT2D eigenvalue weighted by Gasteiger charge is -2.35. The maximum atomic E-state index is 14.1. The van der Waals surface area contributed by atoms with E-state index in [0.717, 1.165) is 35.3 Å². The molecule has 1 atom stereocenters. The lowest BCUT2D eigenvalue weighted by atomic mass is 9.86. The number of phenolic OH excluding ortho intramolecular Hbond substituents is 1. The van der Waals surface area contributed by atoms with Crippen molar-refractivity contribution in [3.63, 3.8) is 0 Å². The van der Waals surface area contributed by atoms with Gasteiger partial charge in [0.2, 0.25) is 0 Å². The van der Waals surface area contributed by atoms with Crippen molar-refractivity contribution in [1.29, 1.82) is 0 Å². The van der Waals surface area contributed by atoms with E-state index in [4.69, 9.17) is 14.6 Å². The first-order chi connectivity index (χ1) is 18.2. The predicted octanol–water partition coefficient (Wildman–Crippen LogP) is 3.43. The number of hydrogen-bond donors (Lipinski definition) is 2. The van der Waals surface area contributed by atoms with Crippen molar-refractivity contribution in [3.05, 3.63) is 59.0 Å². The van der Waals surface area contributed by atoms with Gasteiger partial charge in [-0.25, -0.2) is 9.18 Å². The van der Waals surface area contributed by atoms with E-state index in [9.17, 15) is 14.0 Å². The minimum absolute atomic E-state index is 0.165. The number of rotatable bonds is 4. The highest BCUT2D eigenvalue weighted by Gasteiger charge is 2.56. The molecule has 2 fully saturated rings. The van der Waals surface area contributed by atoms with Crippen LogP contribution < -0.4 is 4.74 Å². The Labute approximate surface area is 220 Å². The minimum atomic E-state index is -0.939. The topological polar surface area (TPSA) is 98.3 Å². The summed E-state index contributed by atoms with van der Waals surface area (Å²) >= 11 is 0. The van der Waals surface area contributed by atoms with E-state index < -0.39 is 11.4 Å². The van der Waals surface area contributed by atoms with Crippen LogP contribution >= 0.6 is 0 Å². The number of imide groups is 1. The fourth-order valence-electron chi connectivity index (χ4n) is 5.46. The standard InChI is InChI=1S/C21H25FN4O4.C7H8O/c1-21-11-14-13-9-18(29-2)15(22)10-16(13)23-17(14)12-26(21)20(28)25(19(21)27)4-3-24-5-7-30-8-6-24;1-6-3-2-4-7(8)5-6/h9-10,23H,3-8,11-12H2,1-2H3;2-5,8H,1H3/t21-;/m0./s1. The van der Waals surface area contributed by atoms with E-state index in [-0.39, 0.29) is 17.7 Å². The van der Waals surface area contributed by atoms with Crippen molar-refractivity contribution < 1.29 is 28.6 Å². The zero-order valence-corrected chi connectivity index (χ0v) is 21.9. The Hall–Kier alpha value is -3.63. The lowest BCUT2D eigenvalue weighted by molar-refractivity contribution is -0.133. The number of halogens is 1. The van der Waals surface area contributed by atoms with Crippen molar-refractivity contribution in [2.45, 2.75) is 32.4 Å². The number of carbonyl (C=O) groups excluding carboxylic acids is 2. The lowest BCUT2D eigenvalue weighted by Crippen LogP contribution is -2.51. The Bertz CT molecular complexity index is 1350. The molecule has 3 aromatic rings. The zero-order chi connectivity index (χ0) is 27.0. The fraction of sp³-hybridized carbons (Fsp3) is 0.429. The molecule has 0 saturated carbocycles. The molecular weight excluding hydrogens is 491 g/mol. The molecule has 0 spiro atoms. The Morgan fingerprint density at radius 1 is 1.16 bits per heavy atom. The molecule has 1 aromatic heterocycles. The largest absolute Gasteiger partial charge is 0.508 e. The van der Waals surface area contributed by atoms with Crippen molar-refractivity contribution in [2.75, 3.05) is 46.5 Å². The monoisotopic (exact) mass is 524 g/mol. The number of benzene rings is 2. The second-order valence-corrected chi connectivity index (χ2v) is 10.2. The van der Waals surface area contributed by atoms with Gasteiger partial charge in [-0.1, -0.05) is 12.1 Å². The molecule has 6 rings (SSSR count). The molecule has 3 aliphatic heterocycles. The van der Waals surface area contributed by atoms with Gasteiger partial charge < -0.3 is 24.5 Å². The van der Waals surface area contributed by atoms with Gasteiger partial charge in [0.05, 0.1) is 26.9 Å². The molecular formula is C28H33FN4O5. The van der Waals surface area contributed by atoms with Crippen molar-refractivity contribution in [1.82, 2.24) is 19.7 Å². The van der Waals surface area contributed by atoms with Crippen molar-refractivity contribution in [2.24, 2.45) is 0 Å². The highest BCUT2D eigenvalue weighted by Crippen LogP contribution is 2.41. The Kier molecular flexibility index (Phi) is 7.02. The number of ether oxygens (including phenoxy) is 2. The number of H-pyrrole nitrogens is 1. The van der Waals surface area contributed by atoms with E-state index in [2.05, 4.69) is 9.88 Å². The van der Waals surface area contributed by atoms with Crippen LogP contribution in [0.15, 0.2) is 36.4 Å². The molecule has 2 saturated heterocycles. The van der Waals surface area contributed by atoms with Gasteiger partial charge in [-0.2, -0.15) is 0 Å². The Morgan fingerprint density at radius 2 is 1.92 bits per heavy atom. The molecule has 9 nitrogen and oxygen atoms in total.